The molecule has 0 aromatic carbocycles. The van der Waals surface area contributed by atoms with Gasteiger partial charge in [-0.2, -0.15) is 23.4 Å². The highest BCUT2D eigenvalue weighted by atomic mass is 32.1. The number of amides is 1. The predicted octanol–water partition coefficient (Wildman–Crippen LogP) is 3.29. The third-order valence-electron chi connectivity index (χ3n) is 3.93. The van der Waals surface area contributed by atoms with Crippen LogP contribution in [0.5, 0.6) is 0 Å². The summed E-state index contributed by atoms with van der Waals surface area (Å²) in [5.41, 5.74) is 0.894. The zero-order chi connectivity index (χ0) is 19.2. The molecule has 0 saturated heterocycles. The quantitative estimate of drug-likeness (QED) is 0.750. The summed E-state index contributed by atoms with van der Waals surface area (Å²) in [5.74, 6) is -0.409. The molecule has 3 heterocycles. The van der Waals surface area contributed by atoms with E-state index in [2.05, 4.69) is 15.5 Å². The standard InChI is InChI=1S/C16H18F3N5OS/c1-8-5-10(3)24(21-8)7-9(2)20-14(25)12-6-11-13(16(17,18)19)22-23(4)15(11)26-12/h5-6,9H,7H2,1-4H3,(H,20,25)/t9-/m0/s1. The van der Waals surface area contributed by atoms with Crippen molar-refractivity contribution in [3.63, 3.8) is 0 Å². The number of aromatic nitrogens is 4. The van der Waals surface area contributed by atoms with Gasteiger partial charge in [-0.15, -0.1) is 11.3 Å². The maximum absolute atomic E-state index is 13.1. The highest BCUT2D eigenvalue weighted by molar-refractivity contribution is 7.20. The summed E-state index contributed by atoms with van der Waals surface area (Å²) in [4.78, 5) is 13.0. The van der Waals surface area contributed by atoms with Crippen molar-refractivity contribution in [2.75, 3.05) is 0 Å². The molecule has 3 rings (SSSR count). The second-order valence-electron chi connectivity index (χ2n) is 6.28. The van der Waals surface area contributed by atoms with Crippen molar-refractivity contribution in [1.82, 2.24) is 24.9 Å². The van der Waals surface area contributed by atoms with Crippen molar-refractivity contribution in [1.29, 1.82) is 0 Å². The molecule has 26 heavy (non-hydrogen) atoms. The van der Waals surface area contributed by atoms with Crippen molar-refractivity contribution < 1.29 is 18.0 Å². The van der Waals surface area contributed by atoms with E-state index in [4.69, 9.17) is 0 Å². The first-order valence-electron chi connectivity index (χ1n) is 7.92. The molecule has 3 aromatic heterocycles. The fourth-order valence-corrected chi connectivity index (χ4v) is 3.80. The molecule has 6 nitrogen and oxygen atoms in total. The summed E-state index contributed by atoms with van der Waals surface area (Å²) in [5, 5.41) is 10.6. The molecule has 1 N–H and O–H groups in total. The van der Waals surface area contributed by atoms with Crippen LogP contribution in [0.15, 0.2) is 12.1 Å². The molecule has 0 bridgehead atoms. The monoisotopic (exact) mass is 385 g/mol. The molecule has 0 radical (unpaired) electrons. The van der Waals surface area contributed by atoms with Gasteiger partial charge in [0.05, 0.1) is 17.1 Å². The van der Waals surface area contributed by atoms with Crippen LogP contribution in [-0.4, -0.2) is 31.5 Å². The van der Waals surface area contributed by atoms with Gasteiger partial charge in [-0.05, 0) is 32.9 Å². The van der Waals surface area contributed by atoms with E-state index in [0.29, 0.717) is 11.4 Å². The third kappa shape index (κ3) is 3.46. The Labute approximate surface area is 151 Å². The molecule has 0 fully saturated rings. The number of hydrogen-bond acceptors (Lipinski definition) is 4. The summed E-state index contributed by atoms with van der Waals surface area (Å²) < 4.78 is 42.1. The highest BCUT2D eigenvalue weighted by Gasteiger charge is 2.37. The summed E-state index contributed by atoms with van der Waals surface area (Å²) in [6.07, 6.45) is -4.56. The van der Waals surface area contributed by atoms with Crippen molar-refractivity contribution in [2.24, 2.45) is 7.05 Å². The average Bonchev–Trinajstić information content (AvgIpc) is 3.14. The third-order valence-corrected chi connectivity index (χ3v) is 5.13. The molecule has 3 aromatic rings. The first-order valence-corrected chi connectivity index (χ1v) is 8.73. The van der Waals surface area contributed by atoms with E-state index in [9.17, 15) is 18.0 Å². The van der Waals surface area contributed by atoms with E-state index in [0.717, 1.165) is 27.4 Å². The lowest BCUT2D eigenvalue weighted by Gasteiger charge is -2.14. The number of aryl methyl sites for hydroxylation is 3. The smallest absolute Gasteiger partial charge is 0.347 e. The van der Waals surface area contributed by atoms with Crippen LogP contribution in [0.2, 0.25) is 0 Å². The van der Waals surface area contributed by atoms with Gasteiger partial charge in [0.2, 0.25) is 0 Å². The molecule has 0 saturated carbocycles. The highest BCUT2D eigenvalue weighted by Crippen LogP contribution is 2.37. The van der Waals surface area contributed by atoms with Gasteiger partial charge < -0.3 is 5.32 Å². The minimum Gasteiger partial charge on any atom is -0.347 e. The zero-order valence-corrected chi connectivity index (χ0v) is 15.5. The number of thiophene rings is 1. The topological polar surface area (TPSA) is 64.7 Å². The fraction of sp³-hybridized carbons (Fsp3) is 0.438. The van der Waals surface area contributed by atoms with Crippen LogP contribution in [-0.2, 0) is 19.8 Å². The Morgan fingerprint density at radius 2 is 2.00 bits per heavy atom. The van der Waals surface area contributed by atoms with Crippen LogP contribution in [0.3, 0.4) is 0 Å². The maximum Gasteiger partial charge on any atom is 0.435 e. The average molecular weight is 385 g/mol. The van der Waals surface area contributed by atoms with E-state index in [1.54, 1.807) is 4.68 Å². The number of hydrogen-bond donors (Lipinski definition) is 1. The molecule has 0 unspecified atom stereocenters. The van der Waals surface area contributed by atoms with Crippen LogP contribution in [0.1, 0.15) is 33.7 Å². The molecule has 1 amide bonds. The Morgan fingerprint density at radius 3 is 2.58 bits per heavy atom. The lowest BCUT2D eigenvalue weighted by Crippen LogP contribution is -2.35. The minimum atomic E-state index is -4.56. The van der Waals surface area contributed by atoms with E-state index >= 15 is 0 Å². The number of rotatable bonds is 4. The van der Waals surface area contributed by atoms with Gasteiger partial charge in [0.15, 0.2) is 5.69 Å². The molecule has 1 atom stereocenters. The molecule has 140 valence electrons. The zero-order valence-electron chi connectivity index (χ0n) is 14.7. The number of halogens is 3. The van der Waals surface area contributed by atoms with Gasteiger partial charge >= 0.3 is 6.18 Å². The molecule has 0 spiro atoms. The minimum absolute atomic E-state index is 0.0543. The van der Waals surface area contributed by atoms with Crippen LogP contribution in [0.4, 0.5) is 13.2 Å². The lowest BCUT2D eigenvalue weighted by molar-refractivity contribution is -0.140. The number of fused-ring (bicyclic) bond motifs is 1. The normalized spacial score (nSPS) is 13.3. The Balaban J connectivity index is 1.78. The van der Waals surface area contributed by atoms with Gasteiger partial charge in [0, 0.05) is 24.2 Å². The van der Waals surface area contributed by atoms with E-state index in [-0.39, 0.29) is 16.3 Å². The second kappa shape index (κ2) is 6.42. The lowest BCUT2D eigenvalue weighted by atomic mass is 10.2. The maximum atomic E-state index is 13.1. The number of nitrogens with one attached hydrogen (secondary N) is 1. The number of nitrogens with zero attached hydrogens (tertiary/aromatic N) is 4. The predicted molar refractivity (Wildman–Crippen MR) is 92.2 cm³/mol. The number of carbonyl (C=O) groups excluding carboxylic acids is 1. The van der Waals surface area contributed by atoms with Gasteiger partial charge in [0.1, 0.15) is 4.83 Å². The molecule has 0 aliphatic rings. The van der Waals surface area contributed by atoms with E-state index in [1.807, 2.05) is 26.8 Å². The first-order chi connectivity index (χ1) is 12.1. The van der Waals surface area contributed by atoms with Gasteiger partial charge in [-0.25, -0.2) is 0 Å². The second-order valence-corrected chi connectivity index (χ2v) is 7.31. The van der Waals surface area contributed by atoms with E-state index < -0.39 is 17.8 Å². The van der Waals surface area contributed by atoms with Crippen LogP contribution in [0, 0.1) is 13.8 Å². The summed E-state index contributed by atoms with van der Waals surface area (Å²) in [6.45, 7) is 6.11. The molecule has 0 aliphatic carbocycles. The van der Waals surface area contributed by atoms with Gasteiger partial charge in [0.25, 0.3) is 5.91 Å². The molecular formula is C16H18F3N5OS. The first kappa shape index (κ1) is 18.4. The van der Waals surface area contributed by atoms with Crippen LogP contribution >= 0.6 is 11.3 Å². The fourth-order valence-electron chi connectivity index (χ4n) is 2.82. The van der Waals surface area contributed by atoms with Crippen molar-refractivity contribution in [3.05, 3.63) is 34.1 Å². The SMILES string of the molecule is Cc1cc(C)n(C[C@H](C)NC(=O)c2cc3c(C(F)(F)F)nn(C)c3s2)n1. The van der Waals surface area contributed by atoms with Crippen molar-refractivity contribution >= 4 is 27.5 Å². The Kier molecular flexibility index (Phi) is 4.55. The molecular weight excluding hydrogens is 367 g/mol. The number of alkyl halides is 3. The van der Waals surface area contributed by atoms with Crippen LogP contribution in [0.25, 0.3) is 10.2 Å². The van der Waals surface area contributed by atoms with Crippen molar-refractivity contribution in [2.45, 2.75) is 39.5 Å². The Bertz CT molecular complexity index is 969. The summed E-state index contributed by atoms with van der Waals surface area (Å²) >= 11 is 0.990. The largest absolute Gasteiger partial charge is 0.435 e. The van der Waals surface area contributed by atoms with Crippen LogP contribution < -0.4 is 5.32 Å². The molecule has 10 heteroatoms. The van der Waals surface area contributed by atoms with Gasteiger partial charge in [-0.3, -0.25) is 14.2 Å². The number of carbonyl (C=O) groups is 1. The van der Waals surface area contributed by atoms with Gasteiger partial charge in [-0.1, -0.05) is 0 Å². The summed E-state index contributed by atoms with van der Waals surface area (Å²) in [6, 6.07) is 2.96. The summed E-state index contributed by atoms with van der Waals surface area (Å²) in [7, 11) is 1.43. The van der Waals surface area contributed by atoms with E-state index in [1.165, 1.54) is 13.1 Å². The Morgan fingerprint density at radius 1 is 1.31 bits per heavy atom. The van der Waals surface area contributed by atoms with Crippen molar-refractivity contribution in [3.8, 4) is 0 Å². The molecule has 0 aliphatic heterocycles. The Hall–Kier alpha value is -2.36.